The van der Waals surface area contributed by atoms with Gasteiger partial charge in [-0.2, -0.15) is 4.73 Å². The Morgan fingerprint density at radius 1 is 1.20 bits per heavy atom. The van der Waals surface area contributed by atoms with Gasteiger partial charge < -0.3 is 19.8 Å². The lowest BCUT2D eigenvalue weighted by molar-refractivity contribution is -0.584. The number of aliphatic hydroxyl groups excluding tert-OH is 1. The lowest BCUT2D eigenvalue weighted by Gasteiger charge is -2.30. The third-order valence-corrected chi connectivity index (χ3v) is 6.50. The number of fused-ring (bicyclic) bond motifs is 1. The van der Waals surface area contributed by atoms with Crippen molar-refractivity contribution in [3.05, 3.63) is 82.5 Å². The molecular formula is C29H30N2O4. The van der Waals surface area contributed by atoms with Gasteiger partial charge in [-0.25, -0.2) is 0 Å². The van der Waals surface area contributed by atoms with Gasteiger partial charge >= 0.3 is 0 Å². The number of aryl methyl sites for hydroxylation is 2. The average molecular weight is 471 g/mol. The van der Waals surface area contributed by atoms with Crippen LogP contribution in [0.3, 0.4) is 0 Å². The lowest BCUT2D eigenvalue weighted by atomic mass is 9.86. The minimum absolute atomic E-state index is 0.0928. The fourth-order valence-corrected chi connectivity index (χ4v) is 5.01. The Labute approximate surface area is 205 Å². The largest absolute Gasteiger partial charge is 0.618 e. The van der Waals surface area contributed by atoms with E-state index in [4.69, 9.17) is 14.5 Å². The fraction of sp³-hybridized carbons (Fsp3) is 0.310. The second-order valence-corrected chi connectivity index (χ2v) is 10.2. The highest BCUT2D eigenvalue weighted by atomic mass is 16.5. The number of hydrogen-bond donors (Lipinski definition) is 1. The monoisotopic (exact) mass is 470 g/mol. The Balaban J connectivity index is 1.94. The molecule has 180 valence electrons. The van der Waals surface area contributed by atoms with Gasteiger partial charge in [0.25, 0.3) is 0 Å². The Morgan fingerprint density at radius 2 is 1.97 bits per heavy atom. The molecule has 6 nitrogen and oxygen atoms in total. The zero-order chi connectivity index (χ0) is 25.1. The van der Waals surface area contributed by atoms with Gasteiger partial charge in [0.1, 0.15) is 17.6 Å². The van der Waals surface area contributed by atoms with Crippen LogP contribution in [0.2, 0.25) is 0 Å². The van der Waals surface area contributed by atoms with Gasteiger partial charge in [-0.15, -0.1) is 0 Å². The van der Waals surface area contributed by atoms with Crippen molar-refractivity contribution in [1.29, 1.82) is 0 Å². The van der Waals surface area contributed by atoms with Crippen molar-refractivity contribution in [2.24, 2.45) is 0 Å². The van der Waals surface area contributed by atoms with Crippen LogP contribution in [-0.2, 0) is 11.2 Å². The van der Waals surface area contributed by atoms with E-state index in [1.54, 1.807) is 6.92 Å². The van der Waals surface area contributed by atoms with E-state index in [1.165, 1.54) is 5.56 Å². The van der Waals surface area contributed by atoms with Crippen molar-refractivity contribution in [2.45, 2.75) is 52.7 Å². The molecule has 0 radical (unpaired) electrons. The highest BCUT2D eigenvalue weighted by Gasteiger charge is 2.31. The van der Waals surface area contributed by atoms with Gasteiger partial charge in [-0.3, -0.25) is 4.98 Å². The molecule has 0 aliphatic carbocycles. The third kappa shape index (κ3) is 3.88. The summed E-state index contributed by atoms with van der Waals surface area (Å²) in [5.74, 6) is 0.713. The molecule has 0 unspecified atom stereocenters. The van der Waals surface area contributed by atoms with E-state index in [2.05, 4.69) is 6.58 Å². The molecule has 2 aromatic heterocycles. The second kappa shape index (κ2) is 8.24. The molecule has 1 aliphatic rings. The van der Waals surface area contributed by atoms with Crippen LogP contribution in [0.1, 0.15) is 49.3 Å². The number of benzene rings is 2. The van der Waals surface area contributed by atoms with Crippen LogP contribution in [0.5, 0.6) is 5.75 Å². The zero-order valence-electron chi connectivity index (χ0n) is 20.8. The van der Waals surface area contributed by atoms with E-state index in [9.17, 15) is 10.3 Å². The van der Waals surface area contributed by atoms with Crippen LogP contribution >= 0.6 is 0 Å². The first kappa shape index (κ1) is 23.1. The number of hydrogen-bond acceptors (Lipinski definition) is 5. The highest BCUT2D eigenvalue weighted by Crippen LogP contribution is 2.45. The number of rotatable bonds is 4. The van der Waals surface area contributed by atoms with E-state index in [0.29, 0.717) is 17.8 Å². The minimum Gasteiger partial charge on any atom is -0.618 e. The van der Waals surface area contributed by atoms with Crippen molar-refractivity contribution in [3.63, 3.8) is 0 Å². The fourth-order valence-electron chi connectivity index (χ4n) is 5.01. The average Bonchev–Trinajstić information content (AvgIpc) is 2.80. The number of aliphatic hydroxyl groups is 1. The standard InChI is InChI=1S/C29H30N2O4/c1-16-15-22-20(8-7-17(2)31(22)33)26(24(16)28(18(3)32)35-29(4,5)6)21-9-10-23-25-19(12-14-34-23)11-13-30-27(21)25/h7-11,13,15,28,32H,3,12,14H2,1-2,4-6H3/t28-/m1/s1. The molecule has 0 saturated heterocycles. The summed E-state index contributed by atoms with van der Waals surface area (Å²) in [5, 5.41) is 25.6. The molecule has 35 heavy (non-hydrogen) atoms. The zero-order valence-corrected chi connectivity index (χ0v) is 20.8. The summed E-state index contributed by atoms with van der Waals surface area (Å²) in [6, 6.07) is 11.6. The Morgan fingerprint density at radius 3 is 2.69 bits per heavy atom. The molecule has 3 heterocycles. The van der Waals surface area contributed by atoms with Crippen LogP contribution in [0.4, 0.5) is 0 Å². The molecule has 0 spiro atoms. The molecule has 0 amide bonds. The van der Waals surface area contributed by atoms with Crippen LogP contribution in [0, 0.1) is 19.1 Å². The van der Waals surface area contributed by atoms with E-state index < -0.39 is 11.7 Å². The van der Waals surface area contributed by atoms with Crippen molar-refractivity contribution in [1.82, 2.24) is 4.98 Å². The molecule has 0 fully saturated rings. The van der Waals surface area contributed by atoms with E-state index in [-0.39, 0.29) is 5.76 Å². The summed E-state index contributed by atoms with van der Waals surface area (Å²) >= 11 is 0. The maximum Gasteiger partial charge on any atom is 0.224 e. The highest BCUT2D eigenvalue weighted by molar-refractivity contribution is 6.07. The molecular weight excluding hydrogens is 440 g/mol. The van der Waals surface area contributed by atoms with Crippen molar-refractivity contribution < 1.29 is 19.3 Å². The van der Waals surface area contributed by atoms with Gasteiger partial charge in [-0.1, -0.05) is 6.58 Å². The summed E-state index contributed by atoms with van der Waals surface area (Å²) in [5.41, 5.74) is 5.83. The number of nitrogens with zero attached hydrogens (tertiary/aromatic N) is 2. The van der Waals surface area contributed by atoms with E-state index in [0.717, 1.165) is 55.4 Å². The molecule has 0 saturated carbocycles. The van der Waals surface area contributed by atoms with Crippen LogP contribution in [-0.4, -0.2) is 22.3 Å². The number of pyridine rings is 2. The number of ether oxygens (including phenoxy) is 2. The first-order valence-electron chi connectivity index (χ1n) is 11.8. The van der Waals surface area contributed by atoms with Crippen molar-refractivity contribution in [3.8, 4) is 16.9 Å². The van der Waals surface area contributed by atoms with Gasteiger partial charge in [0.05, 0.1) is 23.1 Å². The Bertz CT molecular complexity index is 1490. The minimum atomic E-state index is -0.794. The molecule has 6 heteroatoms. The quantitative estimate of drug-likeness (QED) is 0.219. The van der Waals surface area contributed by atoms with Crippen LogP contribution in [0.15, 0.2) is 54.9 Å². The summed E-state index contributed by atoms with van der Waals surface area (Å²) in [4.78, 5) is 4.77. The lowest BCUT2D eigenvalue weighted by Crippen LogP contribution is -2.31. The van der Waals surface area contributed by atoms with Crippen LogP contribution in [0.25, 0.3) is 32.9 Å². The van der Waals surface area contributed by atoms with Gasteiger partial charge in [0.15, 0.2) is 5.69 Å². The maximum absolute atomic E-state index is 13.1. The first-order chi connectivity index (χ1) is 16.6. The molecule has 1 N–H and O–H groups in total. The van der Waals surface area contributed by atoms with Gasteiger partial charge in [0.2, 0.25) is 5.52 Å². The molecule has 1 aliphatic heterocycles. The topological polar surface area (TPSA) is 78.5 Å². The SMILES string of the molecule is C=C(O)[C@@H](OC(C)(C)C)c1c(C)cc2c(ccc(C)[n+]2[O-])c1-c1ccc2c3c(ccnc13)CCO2. The Hall–Kier alpha value is -3.64. The maximum atomic E-state index is 13.1. The van der Waals surface area contributed by atoms with Gasteiger partial charge in [-0.05, 0) is 63.1 Å². The Kier molecular flexibility index (Phi) is 5.44. The summed E-state index contributed by atoms with van der Waals surface area (Å²) in [6.07, 6.45) is 1.83. The molecule has 1 atom stereocenters. The van der Waals surface area contributed by atoms with Gasteiger partial charge in [0, 0.05) is 53.8 Å². The molecule has 0 bridgehead atoms. The molecule has 5 rings (SSSR count). The third-order valence-electron chi connectivity index (χ3n) is 6.50. The summed E-state index contributed by atoms with van der Waals surface area (Å²) in [6.45, 7) is 14.0. The second-order valence-electron chi connectivity index (χ2n) is 10.2. The van der Waals surface area contributed by atoms with Crippen molar-refractivity contribution >= 4 is 21.8 Å². The molecule has 4 aromatic rings. The predicted octanol–water partition coefficient (Wildman–Crippen LogP) is 6.17. The number of aromatic nitrogens is 2. The van der Waals surface area contributed by atoms with Crippen molar-refractivity contribution in [2.75, 3.05) is 6.61 Å². The van der Waals surface area contributed by atoms with E-state index in [1.807, 2.05) is 70.3 Å². The van der Waals surface area contributed by atoms with E-state index >= 15 is 0 Å². The summed E-state index contributed by atoms with van der Waals surface area (Å²) in [7, 11) is 0. The first-order valence-corrected chi connectivity index (χ1v) is 11.8. The normalized spacial score (nSPS) is 14.2. The predicted molar refractivity (Wildman–Crippen MR) is 138 cm³/mol. The smallest absolute Gasteiger partial charge is 0.224 e. The molecule has 2 aromatic carbocycles. The van der Waals surface area contributed by atoms with Crippen LogP contribution < -0.4 is 9.47 Å². The summed E-state index contributed by atoms with van der Waals surface area (Å²) < 4.78 is 13.2.